The zero-order valence-electron chi connectivity index (χ0n) is 11.8. The minimum absolute atomic E-state index is 0.226. The predicted molar refractivity (Wildman–Crippen MR) is 77.8 cm³/mol. The highest BCUT2D eigenvalue weighted by atomic mass is 35.5. The molecule has 4 nitrogen and oxygen atoms in total. The third kappa shape index (κ3) is 3.23. The van der Waals surface area contributed by atoms with Crippen molar-refractivity contribution in [2.24, 2.45) is 5.92 Å². The summed E-state index contributed by atoms with van der Waals surface area (Å²) >= 11 is 6.01. The maximum absolute atomic E-state index is 12.3. The second-order valence-corrected chi connectivity index (χ2v) is 6.33. The van der Waals surface area contributed by atoms with Crippen molar-refractivity contribution in [3.05, 3.63) is 28.8 Å². The van der Waals surface area contributed by atoms with Crippen LogP contribution in [0.15, 0.2) is 18.2 Å². The van der Waals surface area contributed by atoms with Crippen LogP contribution in [0.3, 0.4) is 0 Å². The number of nitriles is 1. The summed E-state index contributed by atoms with van der Waals surface area (Å²) in [7, 11) is 0. The van der Waals surface area contributed by atoms with Crippen molar-refractivity contribution in [1.82, 2.24) is 0 Å². The summed E-state index contributed by atoms with van der Waals surface area (Å²) < 4.78 is 5.40. The summed E-state index contributed by atoms with van der Waals surface area (Å²) in [6, 6.07) is 7.60. The van der Waals surface area contributed by atoms with Crippen LogP contribution in [-0.4, -0.2) is 18.2 Å². The number of fused-ring (bicyclic) bond motifs is 1. The van der Waals surface area contributed by atoms with Gasteiger partial charge in [-0.1, -0.05) is 17.7 Å². The van der Waals surface area contributed by atoms with Crippen molar-refractivity contribution < 1.29 is 9.53 Å². The summed E-state index contributed by atoms with van der Waals surface area (Å²) in [5, 5.41) is 9.71. The number of benzene rings is 1. The molecule has 0 saturated carbocycles. The Hall–Kier alpha value is -1.73. The normalized spacial score (nSPS) is 18.1. The number of carbonyl (C=O) groups excluding carboxylic acids is 1. The summed E-state index contributed by atoms with van der Waals surface area (Å²) in [4.78, 5) is 13.8. The first kappa shape index (κ1) is 14.7. The first-order chi connectivity index (χ1) is 9.30. The number of carbonyl (C=O) groups is 1. The highest BCUT2D eigenvalue weighted by molar-refractivity contribution is 6.31. The van der Waals surface area contributed by atoms with Gasteiger partial charge in [0.15, 0.2) is 0 Å². The lowest BCUT2D eigenvalue weighted by Gasteiger charge is -2.33. The summed E-state index contributed by atoms with van der Waals surface area (Å²) in [6.07, 6.45) is 0.184. The number of hydrogen-bond donors (Lipinski definition) is 0. The fraction of sp³-hybridized carbons (Fsp3) is 0.467. The van der Waals surface area contributed by atoms with Gasteiger partial charge in [-0.25, -0.2) is 4.79 Å². The predicted octanol–water partition coefficient (Wildman–Crippen LogP) is 3.78. The molecule has 106 valence electrons. The number of ether oxygens (including phenoxy) is 1. The van der Waals surface area contributed by atoms with Crippen LogP contribution in [0.1, 0.15) is 26.3 Å². The van der Waals surface area contributed by atoms with E-state index in [-0.39, 0.29) is 5.92 Å². The van der Waals surface area contributed by atoms with Crippen LogP contribution in [0.5, 0.6) is 0 Å². The van der Waals surface area contributed by atoms with E-state index in [1.807, 2.05) is 26.8 Å². The van der Waals surface area contributed by atoms with Crippen LogP contribution < -0.4 is 4.90 Å². The molecule has 1 atom stereocenters. The Morgan fingerprint density at radius 2 is 2.20 bits per heavy atom. The zero-order chi connectivity index (χ0) is 14.9. The van der Waals surface area contributed by atoms with Crippen LogP contribution in [-0.2, 0) is 11.2 Å². The molecule has 0 bridgehead atoms. The van der Waals surface area contributed by atoms with E-state index in [1.54, 1.807) is 12.1 Å². The van der Waals surface area contributed by atoms with Crippen LogP contribution >= 0.6 is 11.6 Å². The smallest absolute Gasteiger partial charge is 0.414 e. The van der Waals surface area contributed by atoms with Gasteiger partial charge in [0.2, 0.25) is 0 Å². The molecule has 1 aliphatic heterocycles. The maximum Gasteiger partial charge on any atom is 0.414 e. The number of amides is 1. The van der Waals surface area contributed by atoms with Crippen molar-refractivity contribution in [3.8, 4) is 6.07 Å². The molecule has 0 fully saturated rings. The highest BCUT2D eigenvalue weighted by Crippen LogP contribution is 2.33. The molecule has 0 aromatic heterocycles. The first-order valence-corrected chi connectivity index (χ1v) is 6.86. The van der Waals surface area contributed by atoms with Gasteiger partial charge in [-0.3, -0.25) is 4.90 Å². The lowest BCUT2D eigenvalue weighted by atomic mass is 9.94. The third-order valence-corrected chi connectivity index (χ3v) is 3.24. The summed E-state index contributed by atoms with van der Waals surface area (Å²) in [6.45, 7) is 5.78. The molecule has 0 aliphatic carbocycles. The number of nitrogens with zero attached hydrogens (tertiary/aromatic N) is 2. The molecule has 5 heteroatoms. The van der Waals surface area contributed by atoms with Gasteiger partial charge in [-0.2, -0.15) is 5.26 Å². The lowest BCUT2D eigenvalue weighted by Crippen LogP contribution is -2.42. The fourth-order valence-corrected chi connectivity index (χ4v) is 2.35. The number of hydrogen-bond acceptors (Lipinski definition) is 3. The Labute approximate surface area is 123 Å². The maximum atomic E-state index is 12.3. The van der Waals surface area contributed by atoms with Crippen molar-refractivity contribution in [2.75, 3.05) is 11.4 Å². The molecule has 1 aromatic rings. The standard InChI is InChI=1S/C15H17ClN2O2/c1-15(2,3)20-14(19)18-9-10(8-17)6-11-4-5-12(16)7-13(11)18/h4-5,7,10H,6,9H2,1-3H3. The number of halogens is 1. The molecule has 1 heterocycles. The van der Waals surface area contributed by atoms with Gasteiger partial charge in [-0.05, 0) is 44.9 Å². The summed E-state index contributed by atoms with van der Waals surface area (Å²) in [5.41, 5.74) is 1.10. The van der Waals surface area contributed by atoms with E-state index in [4.69, 9.17) is 21.6 Å². The lowest BCUT2D eigenvalue weighted by molar-refractivity contribution is 0.0574. The van der Waals surface area contributed by atoms with E-state index in [2.05, 4.69) is 6.07 Å². The van der Waals surface area contributed by atoms with Crippen LogP contribution in [0.4, 0.5) is 10.5 Å². The molecule has 1 amide bonds. The van der Waals surface area contributed by atoms with Crippen molar-refractivity contribution in [3.63, 3.8) is 0 Å². The zero-order valence-corrected chi connectivity index (χ0v) is 12.6. The minimum Gasteiger partial charge on any atom is -0.443 e. The van der Waals surface area contributed by atoms with E-state index in [0.29, 0.717) is 18.0 Å². The Morgan fingerprint density at radius 3 is 2.80 bits per heavy atom. The van der Waals surface area contributed by atoms with Gasteiger partial charge in [0, 0.05) is 11.6 Å². The molecule has 1 unspecified atom stereocenters. The highest BCUT2D eigenvalue weighted by Gasteiger charge is 2.31. The Bertz CT molecular complexity index is 572. The first-order valence-electron chi connectivity index (χ1n) is 6.49. The molecule has 1 aromatic carbocycles. The van der Waals surface area contributed by atoms with E-state index in [1.165, 1.54) is 4.90 Å². The van der Waals surface area contributed by atoms with E-state index in [9.17, 15) is 4.79 Å². The van der Waals surface area contributed by atoms with Gasteiger partial charge < -0.3 is 4.74 Å². The van der Waals surface area contributed by atoms with E-state index >= 15 is 0 Å². The van der Waals surface area contributed by atoms with Crippen molar-refractivity contribution in [1.29, 1.82) is 5.26 Å². The summed E-state index contributed by atoms with van der Waals surface area (Å²) in [5.74, 6) is -0.226. The second-order valence-electron chi connectivity index (χ2n) is 5.89. The quantitative estimate of drug-likeness (QED) is 0.731. The van der Waals surface area contributed by atoms with Gasteiger partial charge in [-0.15, -0.1) is 0 Å². The average Bonchev–Trinajstić information content (AvgIpc) is 2.35. The molecular weight excluding hydrogens is 276 g/mol. The molecule has 0 N–H and O–H groups in total. The van der Waals surface area contributed by atoms with Crippen molar-refractivity contribution in [2.45, 2.75) is 32.8 Å². The van der Waals surface area contributed by atoms with Crippen molar-refractivity contribution >= 4 is 23.4 Å². The topological polar surface area (TPSA) is 53.3 Å². The molecule has 20 heavy (non-hydrogen) atoms. The van der Waals surface area contributed by atoms with Gasteiger partial charge in [0.05, 0.1) is 17.7 Å². The van der Waals surface area contributed by atoms with E-state index in [0.717, 1.165) is 11.3 Å². The molecule has 1 aliphatic rings. The monoisotopic (exact) mass is 292 g/mol. The van der Waals surface area contributed by atoms with Gasteiger partial charge >= 0.3 is 6.09 Å². The Morgan fingerprint density at radius 1 is 1.50 bits per heavy atom. The van der Waals surface area contributed by atoms with Gasteiger partial charge in [0.25, 0.3) is 0 Å². The van der Waals surface area contributed by atoms with Crippen LogP contribution in [0.2, 0.25) is 5.02 Å². The molecular formula is C15H17ClN2O2. The largest absolute Gasteiger partial charge is 0.443 e. The fourth-order valence-electron chi connectivity index (χ4n) is 2.19. The molecule has 0 saturated heterocycles. The van der Waals surface area contributed by atoms with Crippen LogP contribution in [0, 0.1) is 17.2 Å². The minimum atomic E-state index is -0.574. The van der Waals surface area contributed by atoms with E-state index < -0.39 is 11.7 Å². The SMILES string of the molecule is CC(C)(C)OC(=O)N1CC(C#N)Cc2ccc(Cl)cc21. The van der Waals surface area contributed by atoms with Crippen LogP contribution in [0.25, 0.3) is 0 Å². The Kier molecular flexibility index (Phi) is 3.92. The average molecular weight is 293 g/mol. The van der Waals surface area contributed by atoms with Gasteiger partial charge in [0.1, 0.15) is 5.60 Å². The molecule has 2 rings (SSSR count). The molecule has 0 radical (unpaired) electrons. The Balaban J connectivity index is 2.35. The second kappa shape index (κ2) is 5.34. The third-order valence-electron chi connectivity index (χ3n) is 3.00. The number of rotatable bonds is 0. The number of anilines is 1. The molecule has 0 spiro atoms.